The summed E-state index contributed by atoms with van der Waals surface area (Å²) in [7, 11) is 1.48. The van der Waals surface area contributed by atoms with E-state index in [4.69, 9.17) is 19.9 Å². The van der Waals surface area contributed by atoms with E-state index in [-0.39, 0.29) is 36.8 Å². The van der Waals surface area contributed by atoms with Crippen LogP contribution in [0.1, 0.15) is 12.5 Å². The van der Waals surface area contributed by atoms with Crippen molar-refractivity contribution in [1.82, 2.24) is 4.90 Å². The zero-order chi connectivity index (χ0) is 21.2. The first-order valence-corrected chi connectivity index (χ1v) is 8.93. The molecule has 8 heteroatoms. The number of carbonyl (C=O) groups is 2. The highest BCUT2D eigenvalue weighted by Crippen LogP contribution is 2.53. The first kappa shape index (κ1) is 20.2. The summed E-state index contributed by atoms with van der Waals surface area (Å²) in [5, 5.41) is 9.89. The van der Waals surface area contributed by atoms with E-state index in [9.17, 15) is 14.9 Å². The van der Waals surface area contributed by atoms with Crippen molar-refractivity contribution in [3.8, 4) is 11.8 Å². The lowest BCUT2D eigenvalue weighted by Gasteiger charge is -2.35. The van der Waals surface area contributed by atoms with Gasteiger partial charge in [0.2, 0.25) is 11.8 Å². The zero-order valence-corrected chi connectivity index (χ0v) is 16.2. The lowest BCUT2D eigenvalue weighted by atomic mass is 9.68. The van der Waals surface area contributed by atoms with Crippen molar-refractivity contribution in [1.29, 1.82) is 5.26 Å². The average molecular weight is 395 g/mol. The predicted octanol–water partition coefficient (Wildman–Crippen LogP) is 1.50. The maximum atomic E-state index is 13.7. The second kappa shape index (κ2) is 7.81. The van der Waals surface area contributed by atoms with Crippen molar-refractivity contribution in [2.45, 2.75) is 12.3 Å². The lowest BCUT2D eigenvalue weighted by Crippen LogP contribution is -2.47. The number of carbonyl (C=O) groups excluding carboxylic acids is 2. The van der Waals surface area contributed by atoms with Gasteiger partial charge in [-0.05, 0) is 13.0 Å². The van der Waals surface area contributed by atoms with E-state index in [0.717, 1.165) is 0 Å². The number of rotatable bonds is 6. The highest BCUT2D eigenvalue weighted by atomic mass is 16.6. The van der Waals surface area contributed by atoms with Gasteiger partial charge in [-0.1, -0.05) is 24.3 Å². The number of nitrogens with two attached hydrogens (primary N) is 1. The van der Waals surface area contributed by atoms with Crippen LogP contribution in [0.3, 0.4) is 0 Å². The fourth-order valence-electron chi connectivity index (χ4n) is 3.78. The molecule has 0 saturated heterocycles. The van der Waals surface area contributed by atoms with E-state index in [1.54, 1.807) is 37.3 Å². The first-order valence-electron chi connectivity index (χ1n) is 8.93. The molecule has 0 radical (unpaired) electrons. The summed E-state index contributed by atoms with van der Waals surface area (Å²) in [6.45, 7) is 5.66. The van der Waals surface area contributed by atoms with Crippen LogP contribution in [0.2, 0.25) is 0 Å². The third-order valence-electron chi connectivity index (χ3n) is 4.99. The third kappa shape index (κ3) is 2.87. The largest absolute Gasteiger partial charge is 0.460 e. The summed E-state index contributed by atoms with van der Waals surface area (Å²) in [5.74, 6) is -1.14. The van der Waals surface area contributed by atoms with Crippen molar-refractivity contribution in [2.24, 2.45) is 5.73 Å². The maximum Gasteiger partial charge on any atom is 0.337 e. The summed E-state index contributed by atoms with van der Waals surface area (Å²) in [6, 6.07) is 8.67. The minimum Gasteiger partial charge on any atom is -0.460 e. The Morgan fingerprint density at radius 1 is 1.41 bits per heavy atom. The quantitative estimate of drug-likeness (QED) is 0.441. The summed E-state index contributed by atoms with van der Waals surface area (Å²) < 4.78 is 15.8. The Kier molecular flexibility index (Phi) is 5.43. The number of fused-ring (bicyclic) bond motifs is 2. The molecule has 2 aliphatic rings. The fraction of sp³-hybridized carbons (Fsp3) is 0.286. The monoisotopic (exact) mass is 395 g/mol. The van der Waals surface area contributed by atoms with Crippen molar-refractivity contribution in [2.75, 3.05) is 26.9 Å². The number of amides is 1. The van der Waals surface area contributed by atoms with Gasteiger partial charge >= 0.3 is 5.97 Å². The van der Waals surface area contributed by atoms with E-state index in [1.165, 1.54) is 12.0 Å². The number of benzene rings is 1. The normalized spacial score (nSPS) is 20.4. The molecule has 0 aromatic heterocycles. The van der Waals surface area contributed by atoms with Crippen LogP contribution in [0.5, 0.6) is 5.75 Å². The van der Waals surface area contributed by atoms with Gasteiger partial charge in [-0.3, -0.25) is 4.79 Å². The van der Waals surface area contributed by atoms with E-state index in [2.05, 4.69) is 6.58 Å². The SMILES string of the molecule is C=CCN1C(=O)C2(C(C#N)=C(N)Oc3ccccc32)C(C(=O)OCCOC)=C1C. The minimum absolute atomic E-state index is 0.00290. The molecule has 2 N–H and O–H groups in total. The topological polar surface area (TPSA) is 115 Å². The average Bonchev–Trinajstić information content (AvgIpc) is 2.91. The number of allylic oxidation sites excluding steroid dienone is 1. The Bertz CT molecular complexity index is 988. The number of nitrogens with zero attached hydrogens (tertiary/aromatic N) is 2. The molecule has 2 aliphatic heterocycles. The molecule has 8 nitrogen and oxygen atoms in total. The molecule has 1 amide bonds. The molecule has 1 aromatic carbocycles. The molecular weight excluding hydrogens is 374 g/mol. The second-order valence-electron chi connectivity index (χ2n) is 6.49. The number of nitriles is 1. The van der Waals surface area contributed by atoms with Gasteiger partial charge in [0.1, 0.15) is 24.0 Å². The molecule has 1 aromatic rings. The van der Waals surface area contributed by atoms with Gasteiger partial charge in [0.15, 0.2) is 5.41 Å². The Morgan fingerprint density at radius 2 is 2.14 bits per heavy atom. The van der Waals surface area contributed by atoms with E-state index in [1.807, 2.05) is 6.07 Å². The van der Waals surface area contributed by atoms with Crippen LogP contribution in [0.4, 0.5) is 0 Å². The standard InChI is InChI=1S/C21H21N3O5/c1-4-9-24-13(2)17(19(25)28-11-10-27-3)21(20(24)26)14-7-5-6-8-16(14)29-18(23)15(21)12-22/h4-8H,1,9-11,23H2,2-3H3. The number of para-hydroxylation sites is 1. The van der Waals surface area contributed by atoms with Gasteiger partial charge in [0.25, 0.3) is 0 Å². The number of hydrogen-bond acceptors (Lipinski definition) is 7. The van der Waals surface area contributed by atoms with Crippen LogP contribution in [0.25, 0.3) is 0 Å². The van der Waals surface area contributed by atoms with Crippen LogP contribution in [0.15, 0.2) is 59.6 Å². The molecule has 1 unspecified atom stereocenters. The van der Waals surface area contributed by atoms with Crippen LogP contribution in [-0.4, -0.2) is 43.6 Å². The molecule has 29 heavy (non-hydrogen) atoms. The van der Waals surface area contributed by atoms with Gasteiger partial charge in [-0.15, -0.1) is 6.58 Å². The van der Waals surface area contributed by atoms with Gasteiger partial charge in [-0.2, -0.15) is 5.26 Å². The second-order valence-corrected chi connectivity index (χ2v) is 6.49. The summed E-state index contributed by atoms with van der Waals surface area (Å²) in [4.78, 5) is 28.2. The molecule has 0 bridgehead atoms. The maximum absolute atomic E-state index is 13.7. The van der Waals surface area contributed by atoms with Crippen LogP contribution in [0, 0.1) is 11.3 Å². The Hall–Kier alpha value is -3.57. The molecule has 2 heterocycles. The highest BCUT2D eigenvalue weighted by molar-refractivity contribution is 6.12. The van der Waals surface area contributed by atoms with Gasteiger partial charge in [0, 0.05) is 24.9 Å². The number of ether oxygens (including phenoxy) is 3. The van der Waals surface area contributed by atoms with Gasteiger partial charge in [0.05, 0.1) is 12.2 Å². The summed E-state index contributed by atoms with van der Waals surface area (Å²) in [6.07, 6.45) is 1.54. The Morgan fingerprint density at radius 3 is 2.79 bits per heavy atom. The smallest absolute Gasteiger partial charge is 0.337 e. The molecule has 0 fully saturated rings. The molecular formula is C21H21N3O5. The Labute approximate surface area is 168 Å². The van der Waals surface area contributed by atoms with Crippen LogP contribution in [-0.2, 0) is 24.5 Å². The van der Waals surface area contributed by atoms with Gasteiger partial charge in [-0.25, -0.2) is 4.79 Å². The highest BCUT2D eigenvalue weighted by Gasteiger charge is 2.62. The Balaban J connectivity index is 2.31. The first-order chi connectivity index (χ1) is 13.9. The van der Waals surface area contributed by atoms with E-state index < -0.39 is 17.3 Å². The summed E-state index contributed by atoms with van der Waals surface area (Å²) in [5.41, 5.74) is 4.90. The molecule has 1 spiro atoms. The van der Waals surface area contributed by atoms with E-state index >= 15 is 0 Å². The molecule has 0 saturated carbocycles. The predicted molar refractivity (Wildman–Crippen MR) is 103 cm³/mol. The molecule has 150 valence electrons. The van der Waals surface area contributed by atoms with Crippen molar-refractivity contribution < 1.29 is 23.8 Å². The van der Waals surface area contributed by atoms with Crippen molar-refractivity contribution >= 4 is 11.9 Å². The molecule has 1 atom stereocenters. The van der Waals surface area contributed by atoms with Crippen molar-refractivity contribution in [3.05, 3.63) is 65.2 Å². The zero-order valence-electron chi connectivity index (χ0n) is 16.2. The number of esters is 1. The van der Waals surface area contributed by atoms with Gasteiger partial charge < -0.3 is 24.8 Å². The van der Waals surface area contributed by atoms with Crippen LogP contribution >= 0.6 is 0 Å². The fourth-order valence-corrected chi connectivity index (χ4v) is 3.78. The molecule has 3 rings (SSSR count). The third-order valence-corrected chi connectivity index (χ3v) is 4.99. The summed E-state index contributed by atoms with van der Waals surface area (Å²) >= 11 is 0. The number of methoxy groups -OCH3 is 1. The molecule has 0 aliphatic carbocycles. The lowest BCUT2D eigenvalue weighted by molar-refractivity contribution is -0.142. The minimum atomic E-state index is -1.75. The van der Waals surface area contributed by atoms with Crippen molar-refractivity contribution in [3.63, 3.8) is 0 Å². The number of hydrogen-bond donors (Lipinski definition) is 1. The van der Waals surface area contributed by atoms with Crippen LogP contribution < -0.4 is 10.5 Å². The van der Waals surface area contributed by atoms with E-state index in [0.29, 0.717) is 17.0 Å².